The molecule has 0 bridgehead atoms. The quantitative estimate of drug-likeness (QED) is 0.360. The van der Waals surface area contributed by atoms with Gasteiger partial charge in [-0.2, -0.15) is 0 Å². The number of anilines is 1. The molecule has 8 heteroatoms. The van der Waals surface area contributed by atoms with E-state index >= 15 is 0 Å². The van der Waals surface area contributed by atoms with E-state index in [0.29, 0.717) is 12.1 Å². The molecule has 1 atom stereocenters. The van der Waals surface area contributed by atoms with Crippen molar-refractivity contribution in [3.05, 3.63) is 34.4 Å². The average molecular weight is 325 g/mol. The number of rotatable bonds is 7. The molecule has 122 valence electrons. The first kappa shape index (κ1) is 18.1. The molecule has 0 aliphatic rings. The van der Waals surface area contributed by atoms with E-state index in [1.54, 1.807) is 17.2 Å². The van der Waals surface area contributed by atoms with Crippen LogP contribution in [0.3, 0.4) is 0 Å². The molecule has 22 heavy (non-hydrogen) atoms. The Hall–Kier alpha value is -1.93. The van der Waals surface area contributed by atoms with Gasteiger partial charge in [0.1, 0.15) is 6.17 Å². The lowest BCUT2D eigenvalue weighted by Crippen LogP contribution is -2.51. The van der Waals surface area contributed by atoms with Crippen LogP contribution >= 0.6 is 0 Å². The summed E-state index contributed by atoms with van der Waals surface area (Å²) in [4.78, 5) is 21.7. The lowest BCUT2D eigenvalue weighted by Gasteiger charge is -2.36. The number of hydrogen-bond acceptors (Lipinski definition) is 5. The number of benzene rings is 1. The minimum atomic E-state index is -1.93. The number of nitro benzene ring substituents is 1. The Morgan fingerprint density at radius 1 is 1.36 bits per heavy atom. The van der Waals surface area contributed by atoms with Crippen LogP contribution in [0.25, 0.3) is 0 Å². The summed E-state index contributed by atoms with van der Waals surface area (Å²) in [5.41, 5.74) is 0.693. The highest BCUT2D eigenvalue weighted by molar-refractivity contribution is 6.69. The van der Waals surface area contributed by atoms with E-state index in [0.717, 1.165) is 0 Å². The van der Waals surface area contributed by atoms with Crippen molar-refractivity contribution in [3.63, 3.8) is 0 Å². The fraction of sp³-hybridized carbons (Fsp3) is 0.500. The van der Waals surface area contributed by atoms with Gasteiger partial charge in [-0.25, -0.2) is 5.06 Å². The molecule has 1 amide bonds. The van der Waals surface area contributed by atoms with Crippen molar-refractivity contribution in [1.29, 1.82) is 0 Å². The summed E-state index contributed by atoms with van der Waals surface area (Å²) in [6, 6.07) is 6.11. The van der Waals surface area contributed by atoms with Gasteiger partial charge in [0.15, 0.2) is 0 Å². The fourth-order valence-corrected chi connectivity index (χ4v) is 2.70. The van der Waals surface area contributed by atoms with Crippen molar-refractivity contribution in [2.24, 2.45) is 0 Å². The molecule has 0 saturated heterocycles. The number of carbonyl (C=O) groups is 1. The predicted octanol–water partition coefficient (Wildman–Crippen LogP) is 3.04. The molecule has 0 aliphatic heterocycles. The molecule has 0 saturated carbocycles. The second kappa shape index (κ2) is 7.37. The van der Waals surface area contributed by atoms with Crippen LogP contribution in [0.4, 0.5) is 11.4 Å². The van der Waals surface area contributed by atoms with Crippen LogP contribution in [0.5, 0.6) is 0 Å². The zero-order valence-corrected chi connectivity index (χ0v) is 14.6. The van der Waals surface area contributed by atoms with Crippen LogP contribution in [0, 0.1) is 10.1 Å². The number of nitrogens with zero attached hydrogens (tertiary/aromatic N) is 2. The molecular formula is C14H23N3O4Si. The fourth-order valence-electron chi connectivity index (χ4n) is 1.87. The van der Waals surface area contributed by atoms with Crippen LogP contribution < -0.4 is 10.4 Å². The van der Waals surface area contributed by atoms with Crippen LogP contribution in [0.1, 0.15) is 20.3 Å². The number of amides is 1. The van der Waals surface area contributed by atoms with E-state index in [9.17, 15) is 14.9 Å². The zero-order chi connectivity index (χ0) is 16.9. The maximum atomic E-state index is 11.4. The topological polar surface area (TPSA) is 84.7 Å². The van der Waals surface area contributed by atoms with E-state index in [1.165, 1.54) is 19.1 Å². The Kier molecular flexibility index (Phi) is 6.07. The van der Waals surface area contributed by atoms with Gasteiger partial charge in [0.25, 0.3) is 5.69 Å². The molecule has 1 aromatic carbocycles. The second-order valence-electron chi connectivity index (χ2n) is 5.93. The van der Waals surface area contributed by atoms with Gasteiger partial charge in [0.05, 0.1) is 10.6 Å². The third-order valence-electron chi connectivity index (χ3n) is 2.73. The summed E-state index contributed by atoms with van der Waals surface area (Å²) in [6.07, 6.45) is 0.312. The normalized spacial score (nSPS) is 12.6. The lowest BCUT2D eigenvalue weighted by molar-refractivity contribution is -0.384. The first-order chi connectivity index (χ1) is 10.1. The number of nitro groups is 1. The van der Waals surface area contributed by atoms with Crippen molar-refractivity contribution >= 4 is 25.6 Å². The van der Waals surface area contributed by atoms with E-state index < -0.39 is 13.2 Å². The molecule has 0 aliphatic carbocycles. The summed E-state index contributed by atoms with van der Waals surface area (Å²) < 4.78 is 6.07. The van der Waals surface area contributed by atoms with Crippen LogP contribution in [0.2, 0.25) is 19.6 Å². The number of hydrogen-bond donors (Lipinski definition) is 1. The number of nitrogens with one attached hydrogen (secondary N) is 1. The molecule has 0 aromatic heterocycles. The zero-order valence-electron chi connectivity index (χ0n) is 13.6. The molecule has 0 heterocycles. The Balaban J connectivity index is 3.12. The minimum Gasteiger partial charge on any atom is -0.334 e. The maximum absolute atomic E-state index is 11.4. The van der Waals surface area contributed by atoms with Gasteiger partial charge in [-0.3, -0.25) is 14.9 Å². The van der Waals surface area contributed by atoms with Gasteiger partial charge in [0, 0.05) is 19.1 Å². The first-order valence-electron chi connectivity index (χ1n) is 7.14. The first-order valence-corrected chi connectivity index (χ1v) is 10.5. The van der Waals surface area contributed by atoms with Gasteiger partial charge in [-0.15, -0.1) is 0 Å². The van der Waals surface area contributed by atoms with E-state index in [4.69, 9.17) is 4.53 Å². The highest BCUT2D eigenvalue weighted by atomic mass is 28.4. The molecule has 1 rings (SSSR count). The molecule has 0 radical (unpaired) electrons. The summed E-state index contributed by atoms with van der Waals surface area (Å²) in [7, 11) is -1.93. The summed E-state index contributed by atoms with van der Waals surface area (Å²) in [6.45, 7) is 9.49. The molecule has 7 nitrogen and oxygen atoms in total. The number of non-ortho nitro benzene ring substituents is 1. The third-order valence-corrected chi connectivity index (χ3v) is 3.47. The van der Waals surface area contributed by atoms with Gasteiger partial charge in [-0.1, -0.05) is 6.92 Å². The largest absolute Gasteiger partial charge is 0.334 e. The standard InChI is InChI=1S/C14H23N3O4Si/c1-6-14(15-11(2)18)16(21-22(3,4)5)12-7-9-13(10-8-12)17(19)20/h7-10,14H,6H2,1-5H3,(H,15,18). The van der Waals surface area contributed by atoms with Gasteiger partial charge in [0.2, 0.25) is 14.2 Å². The van der Waals surface area contributed by atoms with Crippen LogP contribution in [-0.2, 0) is 9.32 Å². The summed E-state index contributed by atoms with van der Waals surface area (Å²) in [5.74, 6) is -0.155. The van der Waals surface area contributed by atoms with Crippen LogP contribution in [0.15, 0.2) is 24.3 Å². The Bertz CT molecular complexity index is 528. The Morgan fingerprint density at radius 3 is 2.27 bits per heavy atom. The van der Waals surface area contributed by atoms with Gasteiger partial charge in [-0.05, 0) is 38.2 Å². The maximum Gasteiger partial charge on any atom is 0.269 e. The van der Waals surface area contributed by atoms with Crippen LogP contribution in [-0.4, -0.2) is 25.3 Å². The molecule has 0 spiro atoms. The van der Waals surface area contributed by atoms with E-state index in [1.807, 2.05) is 26.6 Å². The number of carbonyl (C=O) groups excluding carboxylic acids is 1. The van der Waals surface area contributed by atoms with Crippen molar-refractivity contribution in [2.45, 2.75) is 46.1 Å². The van der Waals surface area contributed by atoms with Crippen molar-refractivity contribution in [3.8, 4) is 0 Å². The average Bonchev–Trinajstić information content (AvgIpc) is 2.41. The lowest BCUT2D eigenvalue weighted by atomic mass is 10.2. The smallest absolute Gasteiger partial charge is 0.269 e. The summed E-state index contributed by atoms with van der Waals surface area (Å²) >= 11 is 0. The van der Waals surface area contributed by atoms with Crippen molar-refractivity contribution < 1.29 is 14.2 Å². The Labute approximate surface area is 131 Å². The predicted molar refractivity (Wildman–Crippen MR) is 87.9 cm³/mol. The summed E-state index contributed by atoms with van der Waals surface area (Å²) in [5, 5.41) is 15.2. The van der Waals surface area contributed by atoms with Gasteiger partial charge < -0.3 is 9.84 Å². The highest BCUT2D eigenvalue weighted by Gasteiger charge is 2.26. The molecular weight excluding hydrogens is 302 g/mol. The second-order valence-corrected chi connectivity index (χ2v) is 10.3. The van der Waals surface area contributed by atoms with Crippen molar-refractivity contribution in [1.82, 2.24) is 5.32 Å². The third kappa shape index (κ3) is 5.45. The van der Waals surface area contributed by atoms with E-state index in [2.05, 4.69) is 5.32 Å². The Morgan fingerprint density at radius 2 is 1.91 bits per heavy atom. The molecule has 1 aromatic rings. The van der Waals surface area contributed by atoms with E-state index in [-0.39, 0.29) is 17.8 Å². The molecule has 0 fully saturated rings. The highest BCUT2D eigenvalue weighted by Crippen LogP contribution is 2.24. The molecule has 1 unspecified atom stereocenters. The number of hydroxylamine groups is 1. The monoisotopic (exact) mass is 325 g/mol. The van der Waals surface area contributed by atoms with Crippen molar-refractivity contribution in [2.75, 3.05) is 5.06 Å². The SMILES string of the molecule is CCC(NC(C)=O)N(O[Si](C)(C)C)c1ccc([N+](=O)[O-])cc1. The van der Waals surface area contributed by atoms with Gasteiger partial charge >= 0.3 is 0 Å². The molecule has 1 N–H and O–H groups in total. The minimum absolute atomic E-state index is 0.0179.